The third-order valence-electron chi connectivity index (χ3n) is 0.520. The Hall–Kier alpha value is 0.620. The maximum Gasteiger partial charge on any atom is 0.502 e. The van der Waals surface area contributed by atoms with E-state index in [9.17, 15) is 4.57 Å². The van der Waals surface area contributed by atoms with Gasteiger partial charge in [0.05, 0.1) is 18.5 Å². The van der Waals surface area contributed by atoms with Crippen molar-refractivity contribution in [3.8, 4) is 0 Å². The van der Waals surface area contributed by atoms with Crippen molar-refractivity contribution in [2.75, 3.05) is 6.61 Å². The van der Waals surface area contributed by atoms with Gasteiger partial charge >= 0.3 is 7.82 Å². The van der Waals surface area contributed by atoms with Gasteiger partial charge in [0.1, 0.15) is 16.3 Å². The van der Waals surface area contributed by atoms with E-state index in [1.165, 1.54) is 6.08 Å². The average Bonchev–Trinajstić information content (AvgIpc) is 2.00. The van der Waals surface area contributed by atoms with Crippen LogP contribution in [0.1, 0.15) is 0 Å². The molecule has 0 saturated carbocycles. The molecule has 0 aliphatic carbocycles. The fourth-order valence-corrected chi connectivity index (χ4v) is 1.42. The van der Waals surface area contributed by atoms with Gasteiger partial charge in [-0.2, -0.15) is 4.08 Å². The summed E-state index contributed by atoms with van der Waals surface area (Å²) in [7, 11) is -3.59. The van der Waals surface area contributed by atoms with Gasteiger partial charge < -0.3 is 0 Å². The van der Waals surface area contributed by atoms with E-state index >= 15 is 0 Å². The molecule has 0 aromatic rings. The minimum absolute atomic E-state index is 0.0373. The van der Waals surface area contributed by atoms with Gasteiger partial charge in [0.15, 0.2) is 0 Å². The lowest BCUT2D eigenvalue weighted by Gasteiger charge is -2.06. The van der Waals surface area contributed by atoms with E-state index in [1.807, 2.05) is 0 Å². The summed E-state index contributed by atoms with van der Waals surface area (Å²) in [5.41, 5.74) is 0. The van der Waals surface area contributed by atoms with Crippen LogP contribution in [0.25, 0.3) is 0 Å². The molecule has 1 atom stereocenters. The lowest BCUT2D eigenvalue weighted by atomic mass is 10.7. The van der Waals surface area contributed by atoms with Crippen LogP contribution in [0.3, 0.4) is 0 Å². The summed E-state index contributed by atoms with van der Waals surface area (Å²) in [5.74, 6) is 0. The summed E-state index contributed by atoms with van der Waals surface area (Å²) in [6, 6.07) is 0. The molecule has 0 aromatic heterocycles. The first-order valence-corrected chi connectivity index (χ1v) is 4.56. The Morgan fingerprint density at radius 2 is 2.40 bits per heavy atom. The Morgan fingerprint density at radius 1 is 1.80 bits per heavy atom. The summed E-state index contributed by atoms with van der Waals surface area (Å²) in [6.07, 6.45) is 1.38. The van der Waals surface area contributed by atoms with Crippen molar-refractivity contribution < 1.29 is 16.8 Å². The van der Waals surface area contributed by atoms with Gasteiger partial charge in [0.2, 0.25) is 0 Å². The van der Waals surface area contributed by atoms with Crippen molar-refractivity contribution in [3.05, 3.63) is 12.7 Å². The van der Waals surface area contributed by atoms with Crippen molar-refractivity contribution in [2.24, 2.45) is 0 Å². The largest absolute Gasteiger partial charge is 0.502 e. The molecule has 0 rings (SSSR count). The molecule has 0 radical (unpaired) electrons. The van der Waals surface area contributed by atoms with Crippen LogP contribution in [0.4, 0.5) is 0 Å². The van der Waals surface area contributed by atoms with Crippen molar-refractivity contribution in [1.29, 1.82) is 0 Å². The number of rotatable bonds is 5. The summed E-state index contributed by atoms with van der Waals surface area (Å²) in [4.78, 5) is 0. The summed E-state index contributed by atoms with van der Waals surface area (Å²) in [5, 5.41) is 0. The van der Waals surface area contributed by atoms with Crippen LogP contribution in [0.5, 0.6) is 0 Å². The number of halogens is 2. The summed E-state index contributed by atoms with van der Waals surface area (Å²) < 4.78 is 23.3. The molecule has 0 N–H and O–H groups in total. The van der Waals surface area contributed by atoms with Gasteiger partial charge in [0.25, 0.3) is 0 Å². The highest BCUT2D eigenvalue weighted by Crippen LogP contribution is 2.52. The molecule has 0 spiro atoms. The van der Waals surface area contributed by atoms with Crippen molar-refractivity contribution in [3.63, 3.8) is 0 Å². The van der Waals surface area contributed by atoms with E-state index in [4.69, 9.17) is 11.9 Å². The van der Waals surface area contributed by atoms with Gasteiger partial charge in [-0.05, 0) is 0 Å². The summed E-state index contributed by atoms with van der Waals surface area (Å²) >= 11 is 7.20. The zero-order chi connectivity index (χ0) is 8.04. The predicted molar refractivity (Wildman–Crippen MR) is 40.7 cm³/mol. The highest BCUT2D eigenvalue weighted by atomic mass is 79.9. The Morgan fingerprint density at radius 3 is 2.70 bits per heavy atom. The highest BCUT2D eigenvalue weighted by Gasteiger charge is 2.24. The van der Waals surface area contributed by atoms with E-state index in [0.717, 1.165) is 0 Å². The van der Waals surface area contributed by atoms with Gasteiger partial charge in [-0.1, -0.05) is 6.08 Å². The number of hydrogen-bond acceptors (Lipinski definition) is 4. The van der Waals surface area contributed by atoms with Crippen molar-refractivity contribution in [2.45, 2.75) is 0 Å². The standard InChI is InChI=1S/C3H5BrClO4P/c1-2-3-7-10(6,8-4)9-5/h2H,1,3H2. The van der Waals surface area contributed by atoms with Crippen LogP contribution in [0.2, 0.25) is 0 Å². The van der Waals surface area contributed by atoms with Crippen molar-refractivity contribution in [1.82, 2.24) is 0 Å². The predicted octanol–water partition coefficient (Wildman–Crippen LogP) is 2.79. The van der Waals surface area contributed by atoms with Crippen molar-refractivity contribution >= 4 is 35.9 Å². The molecule has 4 nitrogen and oxygen atoms in total. The Bertz CT molecular complexity index is 143. The molecule has 0 saturated heterocycles. The first-order chi connectivity index (χ1) is 4.68. The Labute approximate surface area is 72.3 Å². The number of hydrogen-bond donors (Lipinski definition) is 0. The second-order valence-corrected chi connectivity index (χ2v) is 3.88. The molecule has 0 aliphatic heterocycles. The highest BCUT2D eigenvalue weighted by molar-refractivity contribution is 9.06. The molecule has 60 valence electrons. The van der Waals surface area contributed by atoms with Crippen LogP contribution < -0.4 is 0 Å². The Balaban J connectivity index is 3.81. The maximum atomic E-state index is 10.8. The zero-order valence-corrected chi connectivity index (χ0v) is 8.06. The van der Waals surface area contributed by atoms with E-state index in [0.29, 0.717) is 0 Å². The lowest BCUT2D eigenvalue weighted by Crippen LogP contribution is -1.88. The summed E-state index contributed by atoms with van der Waals surface area (Å²) in [6.45, 7) is 3.35. The maximum absolute atomic E-state index is 10.8. The van der Waals surface area contributed by atoms with E-state index in [1.54, 1.807) is 0 Å². The minimum atomic E-state index is -3.59. The Kier molecular flexibility index (Phi) is 5.62. The van der Waals surface area contributed by atoms with Gasteiger partial charge in [0, 0.05) is 0 Å². The fraction of sp³-hybridized carbons (Fsp3) is 0.333. The first kappa shape index (κ1) is 10.6. The second-order valence-electron chi connectivity index (χ2n) is 1.17. The van der Waals surface area contributed by atoms with Gasteiger partial charge in [-0.15, -0.1) is 6.58 Å². The third-order valence-corrected chi connectivity index (χ3v) is 2.89. The van der Waals surface area contributed by atoms with Crippen LogP contribution in [0, 0.1) is 0 Å². The average molecular weight is 251 g/mol. The van der Waals surface area contributed by atoms with Crippen LogP contribution in [-0.2, 0) is 16.8 Å². The lowest BCUT2D eigenvalue weighted by molar-refractivity contribution is 0.249. The molecule has 0 heterocycles. The van der Waals surface area contributed by atoms with Crippen LogP contribution >= 0.6 is 35.9 Å². The topological polar surface area (TPSA) is 44.8 Å². The van der Waals surface area contributed by atoms with E-state index in [-0.39, 0.29) is 6.61 Å². The molecule has 0 bridgehead atoms. The molecule has 7 heteroatoms. The molecule has 10 heavy (non-hydrogen) atoms. The molecule has 0 aliphatic rings. The quantitative estimate of drug-likeness (QED) is 0.557. The molecular formula is C3H5BrClO4P. The zero-order valence-electron chi connectivity index (χ0n) is 4.83. The number of phosphoric acid groups is 1. The van der Waals surface area contributed by atoms with Crippen LogP contribution in [0.15, 0.2) is 12.7 Å². The smallest absolute Gasteiger partial charge is 0.281 e. The minimum Gasteiger partial charge on any atom is -0.281 e. The van der Waals surface area contributed by atoms with E-state index < -0.39 is 7.82 Å². The molecule has 0 fully saturated rings. The SMILES string of the molecule is C=CCOP(=O)(OCl)OBr. The van der Waals surface area contributed by atoms with Gasteiger partial charge in [-0.25, -0.2) is 8.18 Å². The van der Waals surface area contributed by atoms with Crippen LogP contribution in [-0.4, -0.2) is 6.61 Å². The normalized spacial score (nSPS) is 16.2. The third kappa shape index (κ3) is 3.71. The first-order valence-electron chi connectivity index (χ1n) is 2.14. The molecular weight excluding hydrogens is 246 g/mol. The fourth-order valence-electron chi connectivity index (χ4n) is 0.194. The molecule has 0 aromatic carbocycles. The monoisotopic (exact) mass is 250 g/mol. The van der Waals surface area contributed by atoms with Gasteiger partial charge in [-0.3, -0.25) is 4.52 Å². The molecule has 1 unspecified atom stereocenters. The second kappa shape index (κ2) is 5.29. The molecule has 0 amide bonds. The van der Waals surface area contributed by atoms with E-state index in [2.05, 4.69) is 35.1 Å².